The molecule has 0 spiro atoms. The SMILES string of the molecule is CCCC[I-]c1ccc(-c2scc(C(C)=[NH2+])c2O)cc1. The molecule has 108 valence electrons. The third-order valence-corrected chi connectivity index (χ3v) is 6.95. The summed E-state index contributed by atoms with van der Waals surface area (Å²) in [6.07, 6.45) is 2.61. The van der Waals surface area contributed by atoms with E-state index in [2.05, 4.69) is 31.2 Å². The average Bonchev–Trinajstić information content (AvgIpc) is 2.82. The molecule has 0 saturated carbocycles. The first kappa shape index (κ1) is 15.5. The van der Waals surface area contributed by atoms with Crippen molar-refractivity contribution in [1.29, 1.82) is 0 Å². The second kappa shape index (κ2) is 7.22. The van der Waals surface area contributed by atoms with Crippen LogP contribution in [0.3, 0.4) is 0 Å². The van der Waals surface area contributed by atoms with Gasteiger partial charge >= 0.3 is 135 Å². The van der Waals surface area contributed by atoms with Crippen molar-refractivity contribution in [3.8, 4) is 16.2 Å². The number of benzene rings is 1. The number of alkyl halides is 1. The number of hydrogen-bond acceptors (Lipinski definition) is 2. The molecule has 0 aliphatic carbocycles. The summed E-state index contributed by atoms with van der Waals surface area (Å²) < 4.78 is 2.82. The van der Waals surface area contributed by atoms with E-state index < -0.39 is 0 Å². The van der Waals surface area contributed by atoms with Crippen molar-refractivity contribution in [1.82, 2.24) is 0 Å². The van der Waals surface area contributed by atoms with Gasteiger partial charge in [0, 0.05) is 0 Å². The van der Waals surface area contributed by atoms with Gasteiger partial charge in [0.15, 0.2) is 0 Å². The van der Waals surface area contributed by atoms with Crippen LogP contribution in [0.4, 0.5) is 0 Å². The van der Waals surface area contributed by atoms with Crippen LogP contribution in [0.25, 0.3) is 10.4 Å². The first-order valence-corrected chi connectivity index (χ1v) is 10.2. The molecule has 4 heteroatoms. The van der Waals surface area contributed by atoms with Gasteiger partial charge in [-0.2, -0.15) is 0 Å². The van der Waals surface area contributed by atoms with Crippen molar-refractivity contribution in [2.75, 3.05) is 4.43 Å². The molecule has 0 fully saturated rings. The van der Waals surface area contributed by atoms with E-state index in [1.807, 2.05) is 12.3 Å². The molecular formula is C16H20INOS. The Hall–Kier alpha value is -0.880. The van der Waals surface area contributed by atoms with E-state index in [-0.39, 0.29) is 21.2 Å². The first-order valence-electron chi connectivity index (χ1n) is 6.73. The fraction of sp³-hybridized carbons (Fsp3) is 0.312. The van der Waals surface area contributed by atoms with E-state index in [4.69, 9.17) is 5.41 Å². The molecule has 3 N–H and O–H groups in total. The minimum absolute atomic E-state index is 0.141. The van der Waals surface area contributed by atoms with Gasteiger partial charge in [-0.25, -0.2) is 0 Å². The Labute approximate surface area is 134 Å². The second-order valence-corrected chi connectivity index (χ2v) is 8.66. The third kappa shape index (κ3) is 3.61. The Morgan fingerprint density at radius 3 is 2.55 bits per heavy atom. The molecule has 2 aromatic rings. The Balaban J connectivity index is 2.16. The Bertz CT molecular complexity index is 589. The predicted molar refractivity (Wildman–Crippen MR) is 81.6 cm³/mol. The van der Waals surface area contributed by atoms with Gasteiger partial charge in [-0.05, 0) is 0 Å². The summed E-state index contributed by atoms with van der Waals surface area (Å²) in [6, 6.07) is 8.64. The summed E-state index contributed by atoms with van der Waals surface area (Å²) in [5.74, 6) is 0.309. The number of aromatic hydroxyl groups is 1. The predicted octanol–water partition coefficient (Wildman–Crippen LogP) is -0.252. The molecule has 0 unspecified atom stereocenters. The van der Waals surface area contributed by atoms with Crippen molar-refractivity contribution in [3.05, 3.63) is 38.8 Å². The molecule has 2 nitrogen and oxygen atoms in total. The normalized spacial score (nSPS) is 10.9. The molecule has 0 amide bonds. The summed E-state index contributed by atoms with van der Waals surface area (Å²) in [5.41, 5.74) is 2.49. The number of halogens is 1. The van der Waals surface area contributed by atoms with E-state index >= 15 is 0 Å². The summed E-state index contributed by atoms with van der Waals surface area (Å²) in [4.78, 5) is 0.906. The first-order chi connectivity index (χ1) is 9.63. The van der Waals surface area contributed by atoms with E-state index in [9.17, 15) is 5.11 Å². The van der Waals surface area contributed by atoms with Gasteiger partial charge < -0.3 is 0 Å². The van der Waals surface area contributed by atoms with Crippen LogP contribution in [0, 0.1) is 3.57 Å². The van der Waals surface area contributed by atoms with Crippen molar-refractivity contribution >= 4 is 17.0 Å². The van der Waals surface area contributed by atoms with Crippen molar-refractivity contribution in [3.63, 3.8) is 0 Å². The van der Waals surface area contributed by atoms with Crippen LogP contribution in [0.1, 0.15) is 32.3 Å². The molecule has 0 aliphatic heterocycles. The number of thiophene rings is 1. The van der Waals surface area contributed by atoms with Crippen LogP contribution in [-0.2, 0) is 0 Å². The Morgan fingerprint density at radius 2 is 2.00 bits per heavy atom. The number of hydrogen-bond donors (Lipinski definition) is 2. The second-order valence-electron chi connectivity index (χ2n) is 4.69. The monoisotopic (exact) mass is 401 g/mol. The van der Waals surface area contributed by atoms with Gasteiger partial charge in [0.2, 0.25) is 0 Å². The summed E-state index contributed by atoms with van der Waals surface area (Å²) >= 11 is 1.68. The zero-order valence-electron chi connectivity index (χ0n) is 11.8. The molecule has 0 bridgehead atoms. The van der Waals surface area contributed by atoms with E-state index in [0.29, 0.717) is 11.5 Å². The van der Waals surface area contributed by atoms with Gasteiger partial charge in [-0.1, -0.05) is 0 Å². The van der Waals surface area contributed by atoms with Gasteiger partial charge in [0.1, 0.15) is 0 Å². The van der Waals surface area contributed by atoms with Crippen molar-refractivity contribution in [2.45, 2.75) is 26.7 Å². The summed E-state index contributed by atoms with van der Waals surface area (Å²) in [5, 5.41) is 17.9. The molecule has 1 aromatic carbocycles. The number of unbranched alkanes of at least 4 members (excludes halogenated alkanes) is 1. The molecule has 1 aromatic heterocycles. The standard InChI is InChI=1S/C16H19INOS/c1-3-4-9-17-13-7-5-12(6-8-13)16-15(19)14(10-20-16)11(2)18/h5-8,10,18-19H,3-4,9H2,1-2H3/q-1/p+1. The molecule has 20 heavy (non-hydrogen) atoms. The average molecular weight is 401 g/mol. The summed E-state index contributed by atoms with van der Waals surface area (Å²) in [7, 11) is 0. The summed E-state index contributed by atoms with van der Waals surface area (Å²) in [6.45, 7) is 4.05. The molecule has 2 rings (SSSR count). The molecule has 0 saturated heterocycles. The fourth-order valence-corrected chi connectivity index (χ4v) is 5.50. The van der Waals surface area contributed by atoms with Crippen LogP contribution >= 0.6 is 11.3 Å². The zero-order valence-corrected chi connectivity index (χ0v) is 14.8. The maximum absolute atomic E-state index is 10.2. The van der Waals surface area contributed by atoms with Crippen molar-refractivity contribution < 1.29 is 31.7 Å². The van der Waals surface area contributed by atoms with Crippen LogP contribution in [0.2, 0.25) is 0 Å². The molecule has 0 atom stereocenters. The van der Waals surface area contributed by atoms with Crippen LogP contribution in [-0.4, -0.2) is 15.2 Å². The molecular weight excluding hydrogens is 381 g/mol. The minimum atomic E-state index is 0.141. The Morgan fingerprint density at radius 1 is 1.30 bits per heavy atom. The zero-order chi connectivity index (χ0) is 14.5. The third-order valence-electron chi connectivity index (χ3n) is 3.03. The van der Waals surface area contributed by atoms with Gasteiger partial charge in [0.05, 0.1) is 0 Å². The molecule has 0 aliphatic rings. The number of rotatable bonds is 6. The maximum atomic E-state index is 10.2. The van der Waals surface area contributed by atoms with Gasteiger partial charge in [0.25, 0.3) is 0 Å². The van der Waals surface area contributed by atoms with Gasteiger partial charge in [-0.3, -0.25) is 0 Å². The van der Waals surface area contributed by atoms with Gasteiger partial charge in [-0.15, -0.1) is 0 Å². The Kier molecular flexibility index (Phi) is 5.60. The topological polar surface area (TPSA) is 45.8 Å². The van der Waals surface area contributed by atoms with E-state index in [1.54, 1.807) is 11.3 Å². The van der Waals surface area contributed by atoms with Crippen LogP contribution in [0.5, 0.6) is 5.75 Å². The van der Waals surface area contributed by atoms with Crippen LogP contribution < -0.4 is 26.6 Å². The van der Waals surface area contributed by atoms with E-state index in [0.717, 1.165) is 16.0 Å². The van der Waals surface area contributed by atoms with Crippen molar-refractivity contribution in [2.24, 2.45) is 0 Å². The molecule has 0 radical (unpaired) electrons. The van der Waals surface area contributed by atoms with E-state index in [1.165, 1.54) is 20.8 Å². The fourth-order valence-electron chi connectivity index (χ4n) is 1.84. The molecule has 1 heterocycles. The van der Waals surface area contributed by atoms with Crippen LogP contribution in [0.15, 0.2) is 29.6 Å². The quantitative estimate of drug-likeness (QED) is 0.298. The number of nitrogens with two attached hydrogens (primary N) is 1.